The number of ether oxygens (including phenoxy) is 1. The number of nitrogens with zero attached hydrogens (tertiary/aromatic N) is 2. The van der Waals surface area contributed by atoms with E-state index in [2.05, 4.69) is 4.99 Å². The molecule has 0 aliphatic carbocycles. The first-order valence-electron chi connectivity index (χ1n) is 9.09. The average Bonchev–Trinajstić information content (AvgIpc) is 3.33. The molecule has 0 saturated carbocycles. The SMILES string of the molecule is CCOC(=O)C1=C(C)N=c2s/c(=C\c3c(F)cccc3Cl)c(=O)n2C1c1ccco1. The first kappa shape index (κ1) is 20.3. The fraction of sp³-hybridized carbons (Fsp3) is 0.190. The molecular weight excluding hydrogens is 431 g/mol. The molecule has 1 unspecified atom stereocenters. The predicted octanol–water partition coefficient (Wildman–Crippen LogP) is 3.18. The number of furan rings is 1. The Morgan fingerprint density at radius 3 is 2.87 bits per heavy atom. The summed E-state index contributed by atoms with van der Waals surface area (Å²) < 4.78 is 26.5. The number of hydrogen-bond acceptors (Lipinski definition) is 6. The number of allylic oxidation sites excluding steroid dienone is 1. The zero-order valence-corrected chi connectivity index (χ0v) is 17.6. The van der Waals surface area contributed by atoms with Crippen LogP contribution in [0.2, 0.25) is 5.02 Å². The summed E-state index contributed by atoms with van der Waals surface area (Å²) in [5, 5.41) is 0.187. The van der Waals surface area contributed by atoms with Gasteiger partial charge >= 0.3 is 5.97 Å². The van der Waals surface area contributed by atoms with E-state index in [-0.39, 0.29) is 27.3 Å². The first-order chi connectivity index (χ1) is 14.4. The van der Waals surface area contributed by atoms with Gasteiger partial charge in [-0.2, -0.15) is 0 Å². The Bertz CT molecular complexity index is 1320. The van der Waals surface area contributed by atoms with Gasteiger partial charge in [-0.1, -0.05) is 29.0 Å². The van der Waals surface area contributed by atoms with Crippen molar-refractivity contribution in [2.75, 3.05) is 6.61 Å². The number of fused-ring (bicyclic) bond motifs is 1. The van der Waals surface area contributed by atoms with Gasteiger partial charge < -0.3 is 9.15 Å². The van der Waals surface area contributed by atoms with Crippen molar-refractivity contribution in [2.24, 2.45) is 4.99 Å². The second-order valence-corrected chi connectivity index (χ2v) is 7.87. The highest BCUT2D eigenvalue weighted by molar-refractivity contribution is 7.07. The Hall–Kier alpha value is -2.97. The van der Waals surface area contributed by atoms with Crippen LogP contribution >= 0.6 is 22.9 Å². The van der Waals surface area contributed by atoms with Crippen molar-refractivity contribution in [1.29, 1.82) is 0 Å². The van der Waals surface area contributed by atoms with E-state index in [1.807, 2.05) is 0 Å². The van der Waals surface area contributed by atoms with Crippen molar-refractivity contribution in [3.63, 3.8) is 0 Å². The highest BCUT2D eigenvalue weighted by Gasteiger charge is 2.35. The lowest BCUT2D eigenvalue weighted by atomic mass is 10.0. The van der Waals surface area contributed by atoms with E-state index in [4.69, 9.17) is 20.8 Å². The highest BCUT2D eigenvalue weighted by Crippen LogP contribution is 2.30. The lowest BCUT2D eigenvalue weighted by molar-refractivity contribution is -0.139. The molecule has 0 N–H and O–H groups in total. The lowest BCUT2D eigenvalue weighted by Gasteiger charge is -2.22. The van der Waals surface area contributed by atoms with E-state index in [1.165, 1.54) is 29.0 Å². The quantitative estimate of drug-likeness (QED) is 0.577. The number of benzene rings is 1. The van der Waals surface area contributed by atoms with E-state index < -0.39 is 23.4 Å². The van der Waals surface area contributed by atoms with Crippen molar-refractivity contribution in [1.82, 2.24) is 4.57 Å². The number of thiazole rings is 1. The van der Waals surface area contributed by atoms with Gasteiger partial charge in [0.05, 0.1) is 33.7 Å². The molecule has 3 aromatic rings. The number of carbonyl (C=O) groups excluding carboxylic acids is 1. The highest BCUT2D eigenvalue weighted by atomic mass is 35.5. The zero-order valence-electron chi connectivity index (χ0n) is 16.0. The fourth-order valence-electron chi connectivity index (χ4n) is 3.29. The van der Waals surface area contributed by atoms with E-state index >= 15 is 0 Å². The summed E-state index contributed by atoms with van der Waals surface area (Å²) in [4.78, 5) is 30.7. The second kappa shape index (κ2) is 8.04. The topological polar surface area (TPSA) is 73.8 Å². The van der Waals surface area contributed by atoms with Crippen LogP contribution in [0.3, 0.4) is 0 Å². The lowest BCUT2D eigenvalue weighted by Crippen LogP contribution is -2.39. The van der Waals surface area contributed by atoms with Crippen LogP contribution < -0.4 is 14.9 Å². The van der Waals surface area contributed by atoms with Gasteiger partial charge in [0.15, 0.2) is 4.80 Å². The van der Waals surface area contributed by atoms with Crippen molar-refractivity contribution in [2.45, 2.75) is 19.9 Å². The first-order valence-corrected chi connectivity index (χ1v) is 10.3. The van der Waals surface area contributed by atoms with Gasteiger partial charge in [-0.3, -0.25) is 9.36 Å². The Kier molecular flexibility index (Phi) is 5.44. The summed E-state index contributed by atoms with van der Waals surface area (Å²) >= 11 is 7.19. The Morgan fingerprint density at radius 1 is 1.40 bits per heavy atom. The molecule has 4 rings (SSSR count). The van der Waals surface area contributed by atoms with Gasteiger partial charge in [-0.25, -0.2) is 14.2 Å². The van der Waals surface area contributed by atoms with Crippen molar-refractivity contribution in [3.8, 4) is 0 Å². The van der Waals surface area contributed by atoms with Crippen molar-refractivity contribution in [3.05, 3.63) is 89.7 Å². The minimum absolute atomic E-state index is 0.111. The van der Waals surface area contributed by atoms with Crippen LogP contribution in [0, 0.1) is 5.82 Å². The molecule has 6 nitrogen and oxygen atoms in total. The Morgan fingerprint density at radius 2 is 2.20 bits per heavy atom. The molecule has 2 aromatic heterocycles. The molecule has 1 aliphatic rings. The second-order valence-electron chi connectivity index (χ2n) is 6.45. The number of esters is 1. The van der Waals surface area contributed by atoms with Gasteiger partial charge in [0.1, 0.15) is 17.6 Å². The normalized spacial score (nSPS) is 16.4. The molecule has 0 bridgehead atoms. The summed E-state index contributed by atoms with van der Waals surface area (Å²) in [5.74, 6) is -0.727. The van der Waals surface area contributed by atoms with Gasteiger partial charge in [-0.05, 0) is 44.2 Å². The molecule has 154 valence electrons. The molecule has 1 aromatic carbocycles. The molecule has 0 fully saturated rings. The van der Waals surface area contributed by atoms with Crippen LogP contribution in [0.15, 0.2) is 62.1 Å². The third-order valence-electron chi connectivity index (χ3n) is 4.60. The smallest absolute Gasteiger partial charge is 0.338 e. The molecule has 0 radical (unpaired) electrons. The predicted molar refractivity (Wildman–Crippen MR) is 111 cm³/mol. The van der Waals surface area contributed by atoms with Crippen LogP contribution in [0.4, 0.5) is 4.39 Å². The summed E-state index contributed by atoms with van der Waals surface area (Å²) in [5.41, 5.74) is 0.315. The van der Waals surface area contributed by atoms with Gasteiger partial charge in [0, 0.05) is 5.56 Å². The number of rotatable bonds is 4. The number of halogens is 2. The monoisotopic (exact) mass is 446 g/mol. The third-order valence-corrected chi connectivity index (χ3v) is 5.92. The van der Waals surface area contributed by atoms with Crippen LogP contribution in [0.25, 0.3) is 6.08 Å². The van der Waals surface area contributed by atoms with E-state index in [9.17, 15) is 14.0 Å². The molecule has 0 spiro atoms. The molecule has 1 atom stereocenters. The zero-order chi connectivity index (χ0) is 21.4. The van der Waals surface area contributed by atoms with Gasteiger partial charge in [0.25, 0.3) is 5.56 Å². The van der Waals surface area contributed by atoms with E-state index in [0.717, 1.165) is 11.3 Å². The minimum Gasteiger partial charge on any atom is -0.467 e. The Labute approximate surface area is 179 Å². The summed E-state index contributed by atoms with van der Waals surface area (Å²) in [6.45, 7) is 3.55. The fourth-order valence-corrected chi connectivity index (χ4v) is 4.53. The van der Waals surface area contributed by atoms with Gasteiger partial charge in [0.2, 0.25) is 0 Å². The van der Waals surface area contributed by atoms with E-state index in [0.29, 0.717) is 16.3 Å². The summed E-state index contributed by atoms with van der Waals surface area (Å²) in [7, 11) is 0. The van der Waals surface area contributed by atoms with Crippen LogP contribution in [0.5, 0.6) is 0 Å². The molecular formula is C21H16ClFN2O4S. The van der Waals surface area contributed by atoms with Crippen LogP contribution in [0.1, 0.15) is 31.2 Å². The Balaban J connectivity index is 1.98. The molecule has 1 aliphatic heterocycles. The summed E-state index contributed by atoms with van der Waals surface area (Å²) in [6.07, 6.45) is 2.85. The maximum absolute atomic E-state index is 14.2. The number of aromatic nitrogens is 1. The largest absolute Gasteiger partial charge is 0.467 e. The minimum atomic E-state index is -0.839. The van der Waals surface area contributed by atoms with Crippen molar-refractivity contribution >= 4 is 35.0 Å². The maximum atomic E-state index is 14.2. The maximum Gasteiger partial charge on any atom is 0.338 e. The summed E-state index contributed by atoms with van der Waals surface area (Å²) in [6, 6.07) is 6.80. The third kappa shape index (κ3) is 3.42. The average molecular weight is 447 g/mol. The number of carbonyl (C=O) groups is 1. The molecule has 3 heterocycles. The molecule has 9 heteroatoms. The van der Waals surface area contributed by atoms with Crippen LogP contribution in [-0.4, -0.2) is 17.1 Å². The van der Waals surface area contributed by atoms with E-state index in [1.54, 1.807) is 32.0 Å². The van der Waals surface area contributed by atoms with Crippen molar-refractivity contribution < 1.29 is 18.3 Å². The van der Waals surface area contributed by atoms with Crippen LogP contribution in [-0.2, 0) is 9.53 Å². The van der Waals surface area contributed by atoms with Gasteiger partial charge in [-0.15, -0.1) is 0 Å². The standard InChI is InChI=1S/C21H16ClFN2O4S/c1-3-28-20(27)17-11(2)24-21-25(18(17)15-8-5-9-29-15)19(26)16(30-21)10-12-13(22)6-4-7-14(12)23/h4-10,18H,3H2,1-2H3/b16-10-. The molecule has 0 amide bonds. The molecule has 30 heavy (non-hydrogen) atoms. The number of hydrogen-bond donors (Lipinski definition) is 0. The molecule has 0 saturated heterocycles.